The van der Waals surface area contributed by atoms with Crippen LogP contribution in [0, 0.1) is 5.92 Å². The molecule has 5 heteroatoms. The fourth-order valence-corrected chi connectivity index (χ4v) is 3.48. The van der Waals surface area contributed by atoms with Crippen molar-refractivity contribution < 1.29 is 0 Å². The Labute approximate surface area is 140 Å². The minimum atomic E-state index is -0.00421. The molecule has 2 aromatic heterocycles. The Balaban J connectivity index is 1.82. The molecule has 23 heavy (non-hydrogen) atoms. The number of aromatic nitrogens is 2. The third kappa shape index (κ3) is 4.06. The molecule has 0 aliphatic rings. The summed E-state index contributed by atoms with van der Waals surface area (Å²) in [7, 11) is 0. The molecule has 4 nitrogen and oxygen atoms in total. The molecule has 0 aliphatic carbocycles. The Morgan fingerprint density at radius 3 is 2.74 bits per heavy atom. The highest BCUT2D eigenvalue weighted by Gasteiger charge is 2.12. The van der Waals surface area contributed by atoms with E-state index in [9.17, 15) is 4.79 Å². The summed E-state index contributed by atoms with van der Waals surface area (Å²) in [6.07, 6.45) is 1.77. The molecule has 120 valence electrons. The molecule has 0 aliphatic heterocycles. The molecule has 0 saturated carbocycles. The lowest BCUT2D eigenvalue weighted by molar-refractivity contribution is 0.225. The molecule has 0 amide bonds. The maximum atomic E-state index is 12.1. The number of hydrogen-bond acceptors (Lipinski definition) is 4. The summed E-state index contributed by atoms with van der Waals surface area (Å²) in [5, 5.41) is 1.89. The van der Waals surface area contributed by atoms with E-state index in [0.29, 0.717) is 12.5 Å². The third-order valence-electron chi connectivity index (χ3n) is 3.61. The predicted octanol–water partition coefficient (Wildman–Crippen LogP) is 3.41. The van der Waals surface area contributed by atoms with Gasteiger partial charge >= 0.3 is 0 Å². The van der Waals surface area contributed by atoms with E-state index in [-0.39, 0.29) is 5.56 Å². The van der Waals surface area contributed by atoms with Gasteiger partial charge < -0.3 is 0 Å². The molecule has 0 unspecified atom stereocenters. The van der Waals surface area contributed by atoms with Crippen LogP contribution in [0.3, 0.4) is 0 Å². The van der Waals surface area contributed by atoms with Crippen molar-refractivity contribution in [2.75, 3.05) is 6.54 Å². The number of benzene rings is 1. The minimum Gasteiger partial charge on any atom is -0.293 e. The molecule has 2 heterocycles. The average molecular weight is 327 g/mol. The summed E-state index contributed by atoms with van der Waals surface area (Å²) in [6, 6.07) is 12.1. The number of thiazole rings is 1. The van der Waals surface area contributed by atoms with Crippen molar-refractivity contribution in [3.8, 4) is 0 Å². The highest BCUT2D eigenvalue weighted by molar-refractivity contribution is 7.15. The smallest absolute Gasteiger partial charge is 0.258 e. The third-order valence-corrected chi connectivity index (χ3v) is 4.37. The van der Waals surface area contributed by atoms with Crippen LogP contribution < -0.4 is 5.56 Å². The number of rotatable bonds is 6. The molecule has 0 fully saturated rings. The maximum absolute atomic E-state index is 12.1. The van der Waals surface area contributed by atoms with Crippen LogP contribution in [0.1, 0.15) is 25.1 Å². The highest BCUT2D eigenvalue weighted by Crippen LogP contribution is 2.12. The van der Waals surface area contributed by atoms with Crippen molar-refractivity contribution >= 4 is 16.3 Å². The second kappa shape index (κ2) is 7.06. The highest BCUT2D eigenvalue weighted by atomic mass is 32.1. The van der Waals surface area contributed by atoms with Crippen LogP contribution in [0.15, 0.2) is 52.8 Å². The van der Waals surface area contributed by atoms with Crippen molar-refractivity contribution in [3.63, 3.8) is 0 Å². The molecule has 0 bridgehead atoms. The summed E-state index contributed by atoms with van der Waals surface area (Å²) in [5.41, 5.74) is 2.12. The first-order chi connectivity index (χ1) is 11.1. The molecular weight excluding hydrogens is 306 g/mol. The molecule has 0 spiro atoms. The summed E-state index contributed by atoms with van der Waals surface area (Å²) in [4.78, 5) is 19.9. The van der Waals surface area contributed by atoms with E-state index in [1.807, 2.05) is 11.4 Å². The molecule has 3 aromatic rings. The van der Waals surface area contributed by atoms with Crippen LogP contribution in [0.2, 0.25) is 0 Å². The van der Waals surface area contributed by atoms with Crippen molar-refractivity contribution in [2.24, 2.45) is 5.92 Å². The molecule has 0 saturated heterocycles. The average Bonchev–Trinajstić information content (AvgIpc) is 2.96. The number of hydrogen-bond donors (Lipinski definition) is 0. The molecule has 0 atom stereocenters. The zero-order valence-corrected chi connectivity index (χ0v) is 14.3. The Morgan fingerprint density at radius 2 is 2.00 bits per heavy atom. The summed E-state index contributed by atoms with van der Waals surface area (Å²) >= 11 is 1.49. The summed E-state index contributed by atoms with van der Waals surface area (Å²) in [5.74, 6) is 0.560. The molecule has 1 aromatic carbocycles. The van der Waals surface area contributed by atoms with Crippen LogP contribution in [-0.2, 0) is 13.1 Å². The van der Waals surface area contributed by atoms with E-state index in [1.165, 1.54) is 16.9 Å². The lowest BCUT2D eigenvalue weighted by Gasteiger charge is -2.24. The molecule has 0 radical (unpaired) electrons. The molecule has 3 rings (SSSR count). The van der Waals surface area contributed by atoms with Crippen molar-refractivity contribution in [3.05, 3.63) is 69.6 Å². The first-order valence-electron chi connectivity index (χ1n) is 7.84. The Kier molecular flexibility index (Phi) is 4.88. The normalized spacial score (nSPS) is 11.7. The minimum absolute atomic E-state index is 0.00421. The van der Waals surface area contributed by atoms with Crippen molar-refractivity contribution in [1.82, 2.24) is 14.3 Å². The standard InChI is InChI=1S/C18H21N3OS/c1-14(2)11-20(12-15-6-4-3-5-7-15)13-16-10-17(22)21-8-9-23-18(21)19-16/h3-10,14H,11-13H2,1-2H3. The Hall–Kier alpha value is -1.98. The van der Waals surface area contributed by atoms with Gasteiger partial charge in [-0.1, -0.05) is 44.2 Å². The van der Waals surface area contributed by atoms with E-state index >= 15 is 0 Å². The number of fused-ring (bicyclic) bond motifs is 1. The van der Waals surface area contributed by atoms with Crippen LogP contribution in [0.4, 0.5) is 0 Å². The first kappa shape index (κ1) is 15.9. The van der Waals surface area contributed by atoms with Crippen molar-refractivity contribution in [1.29, 1.82) is 0 Å². The van der Waals surface area contributed by atoms with Gasteiger partial charge in [0.25, 0.3) is 5.56 Å². The lowest BCUT2D eigenvalue weighted by atomic mass is 10.1. The topological polar surface area (TPSA) is 37.6 Å². The Morgan fingerprint density at radius 1 is 1.22 bits per heavy atom. The second-order valence-electron chi connectivity index (χ2n) is 6.19. The zero-order chi connectivity index (χ0) is 16.2. The molecule has 0 N–H and O–H groups in total. The van der Waals surface area contributed by atoms with E-state index in [2.05, 4.69) is 48.0 Å². The van der Waals surface area contributed by atoms with Crippen LogP contribution in [0.5, 0.6) is 0 Å². The number of nitrogens with zero attached hydrogens (tertiary/aromatic N) is 3. The van der Waals surface area contributed by atoms with Gasteiger partial charge in [-0.25, -0.2) is 4.98 Å². The lowest BCUT2D eigenvalue weighted by Crippen LogP contribution is -2.28. The van der Waals surface area contributed by atoms with E-state index in [1.54, 1.807) is 16.7 Å². The molecular formula is C18H21N3OS. The van der Waals surface area contributed by atoms with Crippen LogP contribution in [-0.4, -0.2) is 20.8 Å². The first-order valence-corrected chi connectivity index (χ1v) is 8.72. The van der Waals surface area contributed by atoms with Gasteiger partial charge in [0.05, 0.1) is 5.69 Å². The van der Waals surface area contributed by atoms with E-state index in [4.69, 9.17) is 0 Å². The fourth-order valence-electron chi connectivity index (χ4n) is 2.74. The quantitative estimate of drug-likeness (QED) is 0.696. The predicted molar refractivity (Wildman–Crippen MR) is 94.7 cm³/mol. The van der Waals surface area contributed by atoms with Gasteiger partial charge in [0.1, 0.15) is 0 Å². The van der Waals surface area contributed by atoms with E-state index < -0.39 is 0 Å². The largest absolute Gasteiger partial charge is 0.293 e. The van der Waals surface area contributed by atoms with Crippen LogP contribution in [0.25, 0.3) is 4.96 Å². The second-order valence-corrected chi connectivity index (χ2v) is 7.06. The monoisotopic (exact) mass is 327 g/mol. The summed E-state index contributed by atoms with van der Waals surface area (Å²) in [6.45, 7) is 6.95. The van der Waals surface area contributed by atoms with Gasteiger partial charge in [0.2, 0.25) is 0 Å². The summed E-state index contributed by atoms with van der Waals surface area (Å²) < 4.78 is 1.60. The van der Waals surface area contributed by atoms with Gasteiger partial charge in [0, 0.05) is 37.3 Å². The van der Waals surface area contributed by atoms with Gasteiger partial charge in [-0.05, 0) is 11.5 Å². The SMILES string of the molecule is CC(C)CN(Cc1ccccc1)Cc1cc(=O)n2ccsc2n1. The van der Waals surface area contributed by atoms with Gasteiger partial charge in [-0.15, -0.1) is 11.3 Å². The van der Waals surface area contributed by atoms with Gasteiger partial charge in [-0.2, -0.15) is 0 Å². The van der Waals surface area contributed by atoms with Gasteiger partial charge in [0.15, 0.2) is 4.96 Å². The van der Waals surface area contributed by atoms with Gasteiger partial charge in [-0.3, -0.25) is 14.1 Å². The van der Waals surface area contributed by atoms with Crippen LogP contribution >= 0.6 is 11.3 Å². The maximum Gasteiger partial charge on any atom is 0.258 e. The van der Waals surface area contributed by atoms with E-state index in [0.717, 1.165) is 23.7 Å². The Bertz CT molecular complexity index is 823. The zero-order valence-electron chi connectivity index (χ0n) is 13.5. The van der Waals surface area contributed by atoms with Crippen molar-refractivity contribution in [2.45, 2.75) is 26.9 Å². The fraction of sp³-hybridized carbons (Fsp3) is 0.333.